The van der Waals surface area contributed by atoms with Crippen LogP contribution in [0.2, 0.25) is 0 Å². The van der Waals surface area contributed by atoms with Crippen LogP contribution in [0.25, 0.3) is 54.6 Å². The summed E-state index contributed by atoms with van der Waals surface area (Å²) < 4.78 is 0. The van der Waals surface area contributed by atoms with Crippen LogP contribution in [0.1, 0.15) is 32.3 Å². The second-order valence-corrected chi connectivity index (χ2v) is 12.3. The van der Waals surface area contributed by atoms with Gasteiger partial charge < -0.3 is 5.32 Å². The fourth-order valence-electron chi connectivity index (χ4n) is 6.78. The van der Waals surface area contributed by atoms with Crippen molar-refractivity contribution in [2.75, 3.05) is 6.54 Å². The van der Waals surface area contributed by atoms with E-state index >= 15 is 0 Å². The fraction of sp³-hybridized carbons (Fsp3) is 0.133. The Bertz CT molecular complexity index is 2250. The van der Waals surface area contributed by atoms with Crippen LogP contribution in [0.4, 0.5) is 0 Å². The van der Waals surface area contributed by atoms with Gasteiger partial charge in [-0.25, -0.2) is 0 Å². The molecule has 1 N–H and O–H groups in total. The Hall–Kier alpha value is -5.47. The van der Waals surface area contributed by atoms with Crippen LogP contribution in [0, 0.1) is 0 Å². The average molecular weight is 609 g/mol. The maximum Gasteiger partial charge on any atom is 0.0795 e. The number of aliphatic imine (C=N–C) groups is 1. The highest BCUT2D eigenvalue weighted by molar-refractivity contribution is 6.13. The summed E-state index contributed by atoms with van der Waals surface area (Å²) >= 11 is 0. The third-order valence-electron chi connectivity index (χ3n) is 9.22. The third kappa shape index (κ3) is 6.33. The minimum absolute atomic E-state index is 0.809. The van der Waals surface area contributed by atoms with E-state index in [2.05, 4.69) is 158 Å². The summed E-state index contributed by atoms with van der Waals surface area (Å²) in [5, 5.41) is 11.1. The Morgan fingerprint density at radius 1 is 0.745 bits per heavy atom. The Morgan fingerprint density at radius 2 is 1.53 bits per heavy atom. The minimum Gasteiger partial charge on any atom is -0.380 e. The third-order valence-corrected chi connectivity index (χ3v) is 9.22. The number of rotatable bonds is 9. The van der Waals surface area contributed by atoms with Gasteiger partial charge in [-0.05, 0) is 110 Å². The summed E-state index contributed by atoms with van der Waals surface area (Å²) in [7, 11) is 0. The molecule has 7 rings (SSSR count). The number of nitrogens with zero attached hydrogens (tertiary/aromatic N) is 1. The SMILES string of the molecule is C=C(/N=C(/C=C\C)CCc1ccc2cc(-c3cccc4c3ccc3ccc(-c5ccccc5)cc34)ccc2c1)C1=C(CC)C=CCN1. The molecule has 2 heteroatoms. The summed E-state index contributed by atoms with van der Waals surface area (Å²) in [4.78, 5) is 4.96. The topological polar surface area (TPSA) is 24.4 Å². The van der Waals surface area contributed by atoms with Crippen LogP contribution in [-0.4, -0.2) is 12.3 Å². The van der Waals surface area contributed by atoms with Gasteiger partial charge in [0, 0.05) is 12.3 Å². The van der Waals surface area contributed by atoms with Gasteiger partial charge in [-0.15, -0.1) is 0 Å². The molecule has 0 atom stereocenters. The zero-order valence-corrected chi connectivity index (χ0v) is 27.3. The molecule has 0 amide bonds. The predicted octanol–water partition coefficient (Wildman–Crippen LogP) is 11.8. The van der Waals surface area contributed by atoms with Gasteiger partial charge in [0.05, 0.1) is 11.4 Å². The summed E-state index contributed by atoms with van der Waals surface area (Å²) in [5.41, 5.74) is 10.5. The number of benzene rings is 6. The van der Waals surface area contributed by atoms with E-state index in [1.165, 1.54) is 65.7 Å². The fourth-order valence-corrected chi connectivity index (χ4v) is 6.78. The molecule has 0 unspecified atom stereocenters. The standard InChI is InChI=1S/C45H40N2/c1-4-11-40(47-31(3)45-33(5-2)14-10-27-46-45)25-18-32-17-19-37-29-39(23-22-36(37)28-32)41-15-9-16-42-43(41)26-24-35-20-21-38(30-44(35)42)34-12-7-6-8-13-34/h4,6-17,19-24,26,28-30,46H,3,5,18,25,27H2,1-2H3/b11-4-,47-40-. The normalized spacial score (nSPS) is 13.6. The molecule has 6 aromatic rings. The Balaban J connectivity index is 1.15. The van der Waals surface area contributed by atoms with E-state index in [0.29, 0.717) is 0 Å². The van der Waals surface area contributed by atoms with E-state index in [1.807, 2.05) is 6.92 Å². The van der Waals surface area contributed by atoms with Crippen molar-refractivity contribution >= 4 is 38.0 Å². The number of nitrogens with one attached hydrogen (secondary N) is 1. The molecule has 0 spiro atoms. The lowest BCUT2D eigenvalue weighted by Crippen LogP contribution is -2.19. The molecule has 47 heavy (non-hydrogen) atoms. The van der Waals surface area contributed by atoms with Crippen LogP contribution in [0.5, 0.6) is 0 Å². The molecule has 0 radical (unpaired) electrons. The molecule has 0 aromatic heterocycles. The van der Waals surface area contributed by atoms with Gasteiger partial charge in [-0.1, -0.05) is 135 Å². The van der Waals surface area contributed by atoms with Crippen molar-refractivity contribution in [2.45, 2.75) is 33.1 Å². The Kier molecular flexibility index (Phi) is 8.66. The van der Waals surface area contributed by atoms with Crippen molar-refractivity contribution in [3.8, 4) is 22.3 Å². The van der Waals surface area contributed by atoms with E-state index in [-0.39, 0.29) is 0 Å². The summed E-state index contributed by atoms with van der Waals surface area (Å²) in [6.45, 7) is 9.34. The largest absolute Gasteiger partial charge is 0.380 e. The molecular formula is C45H40N2. The minimum atomic E-state index is 0.809. The van der Waals surface area contributed by atoms with Gasteiger partial charge in [0.15, 0.2) is 0 Å². The smallest absolute Gasteiger partial charge is 0.0795 e. The lowest BCUT2D eigenvalue weighted by molar-refractivity contribution is 0.858. The molecule has 0 saturated carbocycles. The van der Waals surface area contributed by atoms with Crippen LogP contribution in [0.15, 0.2) is 168 Å². The first-order chi connectivity index (χ1) is 23.1. The molecule has 0 fully saturated rings. The first kappa shape index (κ1) is 30.2. The molecule has 2 nitrogen and oxygen atoms in total. The maximum atomic E-state index is 4.96. The first-order valence-corrected chi connectivity index (χ1v) is 16.7. The maximum absolute atomic E-state index is 4.96. The summed E-state index contributed by atoms with van der Waals surface area (Å²) in [6.07, 6.45) is 11.2. The number of hydrogen-bond donors (Lipinski definition) is 1. The van der Waals surface area contributed by atoms with Gasteiger partial charge in [0.1, 0.15) is 0 Å². The molecular weight excluding hydrogens is 569 g/mol. The van der Waals surface area contributed by atoms with Gasteiger partial charge in [0.25, 0.3) is 0 Å². The second kappa shape index (κ2) is 13.5. The summed E-state index contributed by atoms with van der Waals surface area (Å²) in [6, 6.07) is 42.4. The average Bonchev–Trinajstić information content (AvgIpc) is 3.13. The zero-order valence-electron chi connectivity index (χ0n) is 27.3. The van der Waals surface area contributed by atoms with E-state index in [9.17, 15) is 0 Å². The molecule has 0 aliphatic carbocycles. The molecule has 0 saturated heterocycles. The van der Waals surface area contributed by atoms with Crippen LogP contribution < -0.4 is 5.32 Å². The lowest BCUT2D eigenvalue weighted by Gasteiger charge is -2.17. The van der Waals surface area contributed by atoms with Crippen molar-refractivity contribution in [3.05, 3.63) is 169 Å². The molecule has 1 heterocycles. The number of fused-ring (bicyclic) bond motifs is 4. The van der Waals surface area contributed by atoms with Crippen molar-refractivity contribution in [3.63, 3.8) is 0 Å². The van der Waals surface area contributed by atoms with E-state index < -0.39 is 0 Å². The van der Waals surface area contributed by atoms with Crippen LogP contribution in [0.3, 0.4) is 0 Å². The quantitative estimate of drug-likeness (QED) is 0.128. The molecule has 1 aliphatic heterocycles. The number of hydrogen-bond acceptors (Lipinski definition) is 2. The molecule has 6 aromatic carbocycles. The van der Waals surface area contributed by atoms with Crippen molar-refractivity contribution in [2.24, 2.45) is 4.99 Å². The second-order valence-electron chi connectivity index (χ2n) is 12.3. The van der Waals surface area contributed by atoms with Gasteiger partial charge in [-0.3, -0.25) is 4.99 Å². The van der Waals surface area contributed by atoms with E-state index in [1.54, 1.807) is 0 Å². The molecule has 0 bridgehead atoms. The van der Waals surface area contributed by atoms with Crippen LogP contribution >= 0.6 is 0 Å². The lowest BCUT2D eigenvalue weighted by atomic mass is 9.92. The highest BCUT2D eigenvalue weighted by Crippen LogP contribution is 2.36. The zero-order chi connectivity index (χ0) is 32.2. The molecule has 1 aliphatic rings. The predicted molar refractivity (Wildman–Crippen MR) is 204 cm³/mol. The van der Waals surface area contributed by atoms with E-state index in [0.717, 1.165) is 42.9 Å². The van der Waals surface area contributed by atoms with Gasteiger partial charge in [0.2, 0.25) is 0 Å². The Labute approximate surface area is 278 Å². The highest BCUT2D eigenvalue weighted by atomic mass is 14.9. The first-order valence-electron chi connectivity index (χ1n) is 16.7. The number of aryl methyl sites for hydroxylation is 1. The number of allylic oxidation sites excluding steroid dienone is 4. The summed E-state index contributed by atoms with van der Waals surface area (Å²) in [5.74, 6) is 0. The van der Waals surface area contributed by atoms with Crippen molar-refractivity contribution in [1.82, 2.24) is 5.32 Å². The van der Waals surface area contributed by atoms with E-state index in [4.69, 9.17) is 4.99 Å². The van der Waals surface area contributed by atoms with Crippen molar-refractivity contribution in [1.29, 1.82) is 0 Å². The highest BCUT2D eigenvalue weighted by Gasteiger charge is 2.12. The monoisotopic (exact) mass is 608 g/mol. The number of dihydropyridines is 1. The van der Waals surface area contributed by atoms with Crippen molar-refractivity contribution < 1.29 is 0 Å². The van der Waals surface area contributed by atoms with Gasteiger partial charge >= 0.3 is 0 Å². The Morgan fingerprint density at radius 3 is 2.38 bits per heavy atom. The van der Waals surface area contributed by atoms with Crippen LogP contribution in [-0.2, 0) is 6.42 Å². The van der Waals surface area contributed by atoms with Gasteiger partial charge in [-0.2, -0.15) is 0 Å². The molecule has 230 valence electrons.